The van der Waals surface area contributed by atoms with Gasteiger partial charge in [-0.25, -0.2) is 9.18 Å². The summed E-state index contributed by atoms with van der Waals surface area (Å²) in [6.45, 7) is 6.59. The van der Waals surface area contributed by atoms with Crippen molar-refractivity contribution in [2.45, 2.75) is 32.3 Å². The predicted molar refractivity (Wildman–Crippen MR) is 133 cm³/mol. The van der Waals surface area contributed by atoms with E-state index in [4.69, 9.17) is 4.74 Å². The summed E-state index contributed by atoms with van der Waals surface area (Å²) in [7, 11) is 0. The number of para-hydroxylation sites is 2. The maximum atomic E-state index is 13.4. The number of fused-ring (bicyclic) bond motifs is 1. The highest BCUT2D eigenvalue weighted by molar-refractivity contribution is 5.94. The fourth-order valence-corrected chi connectivity index (χ4v) is 5.28. The van der Waals surface area contributed by atoms with Crippen LogP contribution in [0.1, 0.15) is 26.2 Å². The van der Waals surface area contributed by atoms with Gasteiger partial charge in [-0.15, -0.1) is 0 Å². The van der Waals surface area contributed by atoms with Gasteiger partial charge in [0.15, 0.2) is 0 Å². The van der Waals surface area contributed by atoms with Crippen molar-refractivity contribution in [1.29, 1.82) is 0 Å². The average molecular weight is 481 g/mol. The molecule has 8 heteroatoms. The van der Waals surface area contributed by atoms with E-state index in [1.165, 1.54) is 12.1 Å². The third-order valence-electron chi connectivity index (χ3n) is 7.42. The van der Waals surface area contributed by atoms with Crippen LogP contribution in [-0.2, 0) is 4.79 Å². The van der Waals surface area contributed by atoms with E-state index in [1.807, 2.05) is 39.0 Å². The number of hydrogen-bond donors (Lipinski definition) is 0. The van der Waals surface area contributed by atoms with Crippen LogP contribution in [0.3, 0.4) is 0 Å². The third-order valence-corrected chi connectivity index (χ3v) is 7.42. The molecule has 3 aliphatic heterocycles. The summed E-state index contributed by atoms with van der Waals surface area (Å²) in [5.74, 6) is 0.662. The zero-order valence-corrected chi connectivity index (χ0v) is 20.2. The number of carbonyl (C=O) groups is 2. The summed E-state index contributed by atoms with van der Waals surface area (Å²) in [5, 5.41) is 0. The van der Waals surface area contributed by atoms with Gasteiger partial charge in [-0.1, -0.05) is 19.1 Å². The van der Waals surface area contributed by atoms with Crippen LogP contribution in [0.4, 0.5) is 20.6 Å². The van der Waals surface area contributed by atoms with Crippen LogP contribution in [0.15, 0.2) is 48.5 Å². The second kappa shape index (κ2) is 10.1. The molecule has 2 aromatic rings. The van der Waals surface area contributed by atoms with Crippen molar-refractivity contribution < 1.29 is 18.7 Å². The summed E-state index contributed by atoms with van der Waals surface area (Å²) in [4.78, 5) is 34.5. The van der Waals surface area contributed by atoms with Crippen LogP contribution >= 0.6 is 0 Å². The van der Waals surface area contributed by atoms with E-state index in [0.29, 0.717) is 45.6 Å². The fraction of sp³-hybridized carbons (Fsp3) is 0.481. The van der Waals surface area contributed by atoms with Gasteiger partial charge in [0.05, 0.1) is 12.2 Å². The lowest BCUT2D eigenvalue weighted by molar-refractivity contribution is -0.137. The third kappa shape index (κ3) is 4.92. The van der Waals surface area contributed by atoms with Crippen molar-refractivity contribution in [1.82, 2.24) is 9.80 Å². The summed E-state index contributed by atoms with van der Waals surface area (Å²) in [5.41, 5.74) is 1.81. The molecule has 0 spiro atoms. The number of likely N-dealkylation sites (tertiary alicyclic amines) is 1. The van der Waals surface area contributed by atoms with E-state index < -0.39 is 0 Å². The van der Waals surface area contributed by atoms with Gasteiger partial charge >= 0.3 is 6.03 Å². The predicted octanol–water partition coefficient (Wildman–Crippen LogP) is 3.98. The monoisotopic (exact) mass is 480 g/mol. The number of urea groups is 1. The molecule has 0 saturated carbocycles. The van der Waals surface area contributed by atoms with E-state index in [-0.39, 0.29) is 29.8 Å². The van der Waals surface area contributed by atoms with Crippen molar-refractivity contribution in [2.24, 2.45) is 5.92 Å². The highest BCUT2D eigenvalue weighted by atomic mass is 19.1. The minimum Gasteiger partial charge on any atom is -0.486 e. The Morgan fingerprint density at radius 2 is 1.60 bits per heavy atom. The largest absolute Gasteiger partial charge is 0.486 e. The normalized spacial score (nSPS) is 20.9. The molecule has 2 saturated heterocycles. The first-order chi connectivity index (χ1) is 17.0. The first kappa shape index (κ1) is 23.5. The van der Waals surface area contributed by atoms with E-state index in [2.05, 4.69) is 11.8 Å². The number of rotatable bonds is 3. The molecule has 0 N–H and O–H groups in total. The average Bonchev–Trinajstić information content (AvgIpc) is 2.92. The molecule has 3 aliphatic rings. The van der Waals surface area contributed by atoms with Gasteiger partial charge in [0.1, 0.15) is 17.7 Å². The van der Waals surface area contributed by atoms with Gasteiger partial charge in [0, 0.05) is 50.9 Å². The van der Waals surface area contributed by atoms with Crippen LogP contribution < -0.4 is 14.5 Å². The molecule has 35 heavy (non-hydrogen) atoms. The Labute approximate surface area is 206 Å². The number of anilines is 2. The summed E-state index contributed by atoms with van der Waals surface area (Å²) >= 11 is 0. The number of benzene rings is 2. The van der Waals surface area contributed by atoms with Gasteiger partial charge < -0.3 is 19.4 Å². The number of halogens is 1. The number of ether oxygens (including phenoxy) is 1. The second-order valence-electron chi connectivity index (χ2n) is 9.56. The van der Waals surface area contributed by atoms with E-state index in [9.17, 15) is 14.0 Å². The minimum absolute atomic E-state index is 0.00184. The number of amides is 3. The zero-order chi connectivity index (χ0) is 24.4. The molecule has 0 bridgehead atoms. The second-order valence-corrected chi connectivity index (χ2v) is 9.56. The molecule has 0 unspecified atom stereocenters. The molecule has 1 atom stereocenters. The highest BCUT2D eigenvalue weighted by Gasteiger charge is 2.36. The van der Waals surface area contributed by atoms with Crippen LogP contribution in [0.25, 0.3) is 0 Å². The fourth-order valence-electron chi connectivity index (χ4n) is 5.28. The van der Waals surface area contributed by atoms with Crippen molar-refractivity contribution in [3.8, 4) is 5.75 Å². The molecule has 5 rings (SSSR count). The van der Waals surface area contributed by atoms with Crippen LogP contribution in [0.2, 0.25) is 0 Å². The molecule has 0 radical (unpaired) electrons. The Kier molecular flexibility index (Phi) is 6.79. The maximum absolute atomic E-state index is 13.4. The topological polar surface area (TPSA) is 56.3 Å². The highest BCUT2D eigenvalue weighted by Crippen LogP contribution is 2.35. The Hall–Kier alpha value is -3.29. The van der Waals surface area contributed by atoms with Crippen LogP contribution in [0, 0.1) is 11.7 Å². The Bertz CT molecular complexity index is 1050. The Morgan fingerprint density at radius 3 is 2.29 bits per heavy atom. The summed E-state index contributed by atoms with van der Waals surface area (Å²) in [6, 6.07) is 14.2. The molecule has 2 aromatic carbocycles. The van der Waals surface area contributed by atoms with Crippen molar-refractivity contribution in [3.63, 3.8) is 0 Å². The molecule has 3 amide bonds. The van der Waals surface area contributed by atoms with E-state index in [0.717, 1.165) is 36.6 Å². The van der Waals surface area contributed by atoms with Gasteiger partial charge in [-0.3, -0.25) is 9.69 Å². The lowest BCUT2D eigenvalue weighted by Gasteiger charge is -2.41. The van der Waals surface area contributed by atoms with E-state index in [1.54, 1.807) is 12.1 Å². The minimum atomic E-state index is -0.240. The molecular weight excluding hydrogens is 447 g/mol. The molecule has 3 heterocycles. The number of piperidine rings is 1. The standard InChI is InChI=1S/C27H33FN4O3/c1-2-23-19-32(24-5-3-4-6-25(24)35-23)27(34)31-13-11-20(12-14-31)26(33)30-17-15-29(16-18-30)22-9-7-21(28)8-10-22/h3-10,20,23H,2,11-19H2,1H3/t23-/m1/s1. The van der Waals surface area contributed by atoms with Gasteiger partial charge in [-0.2, -0.15) is 0 Å². The van der Waals surface area contributed by atoms with Gasteiger partial charge in [0.2, 0.25) is 5.91 Å². The zero-order valence-electron chi connectivity index (χ0n) is 20.2. The lowest BCUT2D eigenvalue weighted by Crippen LogP contribution is -2.54. The van der Waals surface area contributed by atoms with Crippen molar-refractivity contribution in [2.75, 3.05) is 55.6 Å². The molecule has 0 aliphatic carbocycles. The summed E-state index contributed by atoms with van der Waals surface area (Å²) in [6.07, 6.45) is 2.20. The van der Waals surface area contributed by atoms with E-state index >= 15 is 0 Å². The molecule has 2 fully saturated rings. The smallest absolute Gasteiger partial charge is 0.324 e. The molecular formula is C27H33FN4O3. The van der Waals surface area contributed by atoms with Crippen molar-refractivity contribution >= 4 is 23.3 Å². The Balaban J connectivity index is 1.15. The quantitative estimate of drug-likeness (QED) is 0.667. The first-order valence-electron chi connectivity index (χ1n) is 12.6. The van der Waals surface area contributed by atoms with Crippen LogP contribution in [-0.4, -0.2) is 73.7 Å². The number of carbonyl (C=O) groups excluding carboxylic acids is 2. The maximum Gasteiger partial charge on any atom is 0.324 e. The Morgan fingerprint density at radius 1 is 0.914 bits per heavy atom. The molecule has 0 aromatic heterocycles. The van der Waals surface area contributed by atoms with Gasteiger partial charge in [-0.05, 0) is 55.7 Å². The molecule has 186 valence electrons. The number of piperazine rings is 1. The number of hydrogen-bond acceptors (Lipinski definition) is 4. The SMILES string of the molecule is CC[C@@H]1CN(C(=O)N2CCC(C(=O)N3CCN(c4ccc(F)cc4)CC3)CC2)c2ccccc2O1. The van der Waals surface area contributed by atoms with Crippen LogP contribution in [0.5, 0.6) is 5.75 Å². The number of nitrogens with zero attached hydrogens (tertiary/aromatic N) is 4. The van der Waals surface area contributed by atoms with Gasteiger partial charge in [0.25, 0.3) is 0 Å². The van der Waals surface area contributed by atoms with Crippen molar-refractivity contribution in [3.05, 3.63) is 54.3 Å². The summed E-state index contributed by atoms with van der Waals surface area (Å²) < 4.78 is 19.2. The molecule has 7 nitrogen and oxygen atoms in total. The lowest BCUT2D eigenvalue weighted by atomic mass is 9.95. The first-order valence-corrected chi connectivity index (χ1v) is 12.6.